The summed E-state index contributed by atoms with van der Waals surface area (Å²) in [5.74, 6) is 0.182. The Kier molecular flexibility index (Phi) is 5.32. The molecule has 3 aromatic carbocycles. The Labute approximate surface area is 164 Å². The van der Waals surface area contributed by atoms with E-state index in [0.717, 1.165) is 32.7 Å². The minimum atomic E-state index is 0.182. The van der Waals surface area contributed by atoms with Crippen LogP contribution in [0.25, 0.3) is 10.8 Å². The van der Waals surface area contributed by atoms with Crippen molar-refractivity contribution in [3.8, 4) is 0 Å². The summed E-state index contributed by atoms with van der Waals surface area (Å²) in [6.45, 7) is 4.46. The van der Waals surface area contributed by atoms with Gasteiger partial charge in [-0.2, -0.15) is 0 Å². The van der Waals surface area contributed by atoms with Crippen molar-refractivity contribution in [2.24, 2.45) is 5.73 Å². The van der Waals surface area contributed by atoms with Gasteiger partial charge in [-0.15, -0.1) is 0 Å². The molecule has 0 atom stereocenters. The largest absolute Gasteiger partial charge is 0.370 e. The van der Waals surface area contributed by atoms with Gasteiger partial charge in [-0.1, -0.05) is 66.4 Å². The van der Waals surface area contributed by atoms with Crippen molar-refractivity contribution in [2.75, 3.05) is 26.2 Å². The van der Waals surface area contributed by atoms with E-state index in [9.17, 15) is 0 Å². The number of nitrogens with zero attached hydrogens (tertiary/aromatic N) is 2. The van der Waals surface area contributed by atoms with Gasteiger partial charge in [-0.05, 0) is 28.5 Å². The molecule has 0 spiro atoms. The molecule has 138 valence electrons. The average Bonchev–Trinajstić information content (AvgIpc) is 2.70. The lowest BCUT2D eigenvalue weighted by Crippen LogP contribution is -2.50. The van der Waals surface area contributed by atoms with E-state index < -0.39 is 0 Å². The fraction of sp³-hybridized carbons (Fsp3) is 0.227. The molecule has 0 radical (unpaired) electrons. The minimum Gasteiger partial charge on any atom is -0.370 e. The second-order valence-corrected chi connectivity index (χ2v) is 7.92. The van der Waals surface area contributed by atoms with Gasteiger partial charge in [-0.3, -0.25) is 10.3 Å². The SMILES string of the molecule is N=C(N)N1CCN(Cc2ccccc2Sc2cccc3ccccc23)CC1. The molecular formula is C22H24N4S. The predicted octanol–water partition coefficient (Wildman–Crippen LogP) is 4.00. The first kappa shape index (κ1) is 17.9. The van der Waals surface area contributed by atoms with E-state index in [4.69, 9.17) is 11.1 Å². The lowest BCUT2D eigenvalue weighted by molar-refractivity contribution is 0.173. The molecule has 27 heavy (non-hydrogen) atoms. The van der Waals surface area contributed by atoms with Crippen LogP contribution in [0.4, 0.5) is 0 Å². The molecule has 3 aromatic rings. The first-order chi connectivity index (χ1) is 13.2. The monoisotopic (exact) mass is 376 g/mol. The quantitative estimate of drug-likeness (QED) is 0.534. The number of rotatable bonds is 4. The minimum absolute atomic E-state index is 0.182. The smallest absolute Gasteiger partial charge is 0.188 e. The van der Waals surface area contributed by atoms with Crippen LogP contribution in [0.3, 0.4) is 0 Å². The Morgan fingerprint density at radius 3 is 2.33 bits per heavy atom. The molecule has 1 saturated heterocycles. The fourth-order valence-corrected chi connectivity index (χ4v) is 4.61. The van der Waals surface area contributed by atoms with Crippen molar-refractivity contribution < 1.29 is 0 Å². The molecule has 1 aliphatic rings. The highest BCUT2D eigenvalue weighted by Gasteiger charge is 2.18. The third-order valence-electron chi connectivity index (χ3n) is 5.05. The van der Waals surface area contributed by atoms with Crippen LogP contribution in [0, 0.1) is 5.41 Å². The van der Waals surface area contributed by atoms with E-state index in [2.05, 4.69) is 71.6 Å². The van der Waals surface area contributed by atoms with Crippen LogP contribution in [-0.2, 0) is 6.54 Å². The van der Waals surface area contributed by atoms with E-state index in [1.807, 2.05) is 16.7 Å². The van der Waals surface area contributed by atoms with Crippen LogP contribution in [0.15, 0.2) is 76.5 Å². The summed E-state index contributed by atoms with van der Waals surface area (Å²) < 4.78 is 0. The summed E-state index contributed by atoms with van der Waals surface area (Å²) in [4.78, 5) is 6.99. The van der Waals surface area contributed by atoms with Gasteiger partial charge in [0, 0.05) is 42.5 Å². The highest BCUT2D eigenvalue weighted by atomic mass is 32.2. The summed E-state index contributed by atoms with van der Waals surface area (Å²) in [5.41, 5.74) is 6.96. The third-order valence-corrected chi connectivity index (χ3v) is 6.24. The van der Waals surface area contributed by atoms with Crippen molar-refractivity contribution in [3.63, 3.8) is 0 Å². The number of hydrogen-bond acceptors (Lipinski definition) is 3. The number of guanidine groups is 1. The maximum Gasteiger partial charge on any atom is 0.188 e. The van der Waals surface area contributed by atoms with Crippen LogP contribution in [0.5, 0.6) is 0 Å². The summed E-state index contributed by atoms with van der Waals surface area (Å²) in [6, 6.07) is 23.7. The van der Waals surface area contributed by atoms with E-state index in [1.165, 1.54) is 26.1 Å². The van der Waals surface area contributed by atoms with Gasteiger partial charge in [0.05, 0.1) is 0 Å². The van der Waals surface area contributed by atoms with Gasteiger partial charge < -0.3 is 10.6 Å². The van der Waals surface area contributed by atoms with E-state index in [-0.39, 0.29) is 5.96 Å². The molecule has 1 fully saturated rings. The first-order valence-corrected chi connectivity index (χ1v) is 10.1. The van der Waals surface area contributed by atoms with E-state index in [1.54, 1.807) is 0 Å². The topological polar surface area (TPSA) is 56.4 Å². The molecule has 4 nitrogen and oxygen atoms in total. The zero-order chi connectivity index (χ0) is 18.6. The molecule has 0 bridgehead atoms. The first-order valence-electron chi connectivity index (χ1n) is 9.25. The van der Waals surface area contributed by atoms with Gasteiger partial charge in [-0.25, -0.2) is 0 Å². The molecule has 0 aromatic heterocycles. The molecule has 0 aliphatic carbocycles. The Morgan fingerprint density at radius 1 is 0.852 bits per heavy atom. The van der Waals surface area contributed by atoms with Crippen molar-refractivity contribution >= 4 is 28.5 Å². The second-order valence-electron chi connectivity index (χ2n) is 6.84. The molecule has 0 amide bonds. The van der Waals surface area contributed by atoms with Crippen LogP contribution in [-0.4, -0.2) is 41.9 Å². The molecule has 4 rings (SSSR count). The van der Waals surface area contributed by atoms with Gasteiger partial charge in [0.15, 0.2) is 5.96 Å². The number of piperazine rings is 1. The molecule has 1 aliphatic heterocycles. The number of benzene rings is 3. The number of nitrogens with two attached hydrogens (primary N) is 1. The Balaban J connectivity index is 1.52. The van der Waals surface area contributed by atoms with Crippen LogP contribution < -0.4 is 5.73 Å². The molecule has 5 heteroatoms. The van der Waals surface area contributed by atoms with Crippen molar-refractivity contribution in [1.29, 1.82) is 5.41 Å². The number of nitrogens with one attached hydrogen (secondary N) is 1. The zero-order valence-electron chi connectivity index (χ0n) is 15.3. The predicted molar refractivity (Wildman–Crippen MR) is 113 cm³/mol. The lowest BCUT2D eigenvalue weighted by Gasteiger charge is -2.35. The zero-order valence-corrected chi connectivity index (χ0v) is 16.1. The van der Waals surface area contributed by atoms with Gasteiger partial charge in [0.25, 0.3) is 0 Å². The Bertz CT molecular complexity index is 942. The second kappa shape index (κ2) is 8.03. The standard InChI is InChI=1S/C22H24N4S/c23-22(24)26-14-12-25(13-15-26)16-18-7-2-4-10-20(18)27-21-11-5-8-17-6-1-3-9-19(17)21/h1-11H,12-16H2,(H3,23,24). The maximum atomic E-state index is 7.58. The lowest BCUT2D eigenvalue weighted by atomic mass is 10.1. The van der Waals surface area contributed by atoms with E-state index >= 15 is 0 Å². The Hall–Kier alpha value is -2.50. The fourth-order valence-electron chi connectivity index (χ4n) is 3.52. The van der Waals surface area contributed by atoms with Gasteiger partial charge in [0.1, 0.15) is 0 Å². The molecular weight excluding hydrogens is 352 g/mol. The van der Waals surface area contributed by atoms with Crippen molar-refractivity contribution in [2.45, 2.75) is 16.3 Å². The van der Waals surface area contributed by atoms with Gasteiger partial charge in [0.2, 0.25) is 0 Å². The third kappa shape index (κ3) is 4.10. The summed E-state index contributed by atoms with van der Waals surface area (Å²) in [6.07, 6.45) is 0. The summed E-state index contributed by atoms with van der Waals surface area (Å²) in [5, 5.41) is 10.2. The average molecular weight is 377 g/mol. The molecule has 1 heterocycles. The Morgan fingerprint density at radius 2 is 1.52 bits per heavy atom. The van der Waals surface area contributed by atoms with Crippen molar-refractivity contribution in [1.82, 2.24) is 9.80 Å². The van der Waals surface area contributed by atoms with Gasteiger partial charge >= 0.3 is 0 Å². The molecule has 0 saturated carbocycles. The molecule has 0 unspecified atom stereocenters. The highest BCUT2D eigenvalue weighted by molar-refractivity contribution is 7.99. The summed E-state index contributed by atoms with van der Waals surface area (Å²) in [7, 11) is 0. The number of fused-ring (bicyclic) bond motifs is 1. The van der Waals surface area contributed by atoms with Crippen LogP contribution in [0.1, 0.15) is 5.56 Å². The summed E-state index contributed by atoms with van der Waals surface area (Å²) >= 11 is 1.85. The van der Waals surface area contributed by atoms with Crippen LogP contribution >= 0.6 is 11.8 Å². The normalized spacial score (nSPS) is 15.2. The highest BCUT2D eigenvalue weighted by Crippen LogP contribution is 2.35. The molecule has 3 N–H and O–H groups in total. The maximum absolute atomic E-state index is 7.58. The van der Waals surface area contributed by atoms with Crippen molar-refractivity contribution in [3.05, 3.63) is 72.3 Å². The number of hydrogen-bond donors (Lipinski definition) is 2. The van der Waals surface area contributed by atoms with Crippen LogP contribution in [0.2, 0.25) is 0 Å². The van der Waals surface area contributed by atoms with E-state index in [0.29, 0.717) is 0 Å².